The molecule has 4 rings (SSSR count). The zero-order chi connectivity index (χ0) is 25.8. The number of rotatable bonds is 10. The number of thiophene rings is 1. The SMILES string of the molecule is CCc1ccc(OCc2nnc(SCc3nc4sc(C(=O)OC)c(C)c4c(=O)[nH]3)n2CC(C)C)cc1. The van der Waals surface area contributed by atoms with Crippen LogP contribution in [0.1, 0.15) is 53.2 Å². The van der Waals surface area contributed by atoms with Crippen LogP contribution in [0.4, 0.5) is 0 Å². The minimum atomic E-state index is -0.469. The van der Waals surface area contributed by atoms with Gasteiger partial charge < -0.3 is 19.0 Å². The molecule has 0 saturated carbocycles. The van der Waals surface area contributed by atoms with Crippen molar-refractivity contribution in [2.45, 2.75) is 58.2 Å². The van der Waals surface area contributed by atoms with Crippen LogP contribution in [0.3, 0.4) is 0 Å². The molecule has 0 aliphatic rings. The summed E-state index contributed by atoms with van der Waals surface area (Å²) in [5.41, 5.74) is 1.57. The average Bonchev–Trinajstić information content (AvgIpc) is 3.41. The van der Waals surface area contributed by atoms with Crippen molar-refractivity contribution >= 4 is 39.3 Å². The number of esters is 1. The molecule has 0 amide bonds. The average molecular weight is 528 g/mol. The van der Waals surface area contributed by atoms with E-state index in [-0.39, 0.29) is 5.56 Å². The number of hydrogen-bond acceptors (Lipinski definition) is 9. The zero-order valence-corrected chi connectivity index (χ0v) is 22.6. The van der Waals surface area contributed by atoms with Crippen LogP contribution < -0.4 is 10.3 Å². The van der Waals surface area contributed by atoms with Gasteiger partial charge in [0.1, 0.15) is 27.9 Å². The number of aryl methyl sites for hydroxylation is 2. The Morgan fingerprint density at radius 2 is 1.97 bits per heavy atom. The molecule has 0 saturated heterocycles. The number of methoxy groups -OCH3 is 1. The monoisotopic (exact) mass is 527 g/mol. The van der Waals surface area contributed by atoms with Crippen molar-refractivity contribution < 1.29 is 14.3 Å². The minimum Gasteiger partial charge on any atom is -0.486 e. The maximum atomic E-state index is 12.7. The van der Waals surface area contributed by atoms with E-state index in [4.69, 9.17) is 9.47 Å². The number of carbonyl (C=O) groups excluding carboxylic acids is 1. The maximum absolute atomic E-state index is 12.7. The molecule has 190 valence electrons. The van der Waals surface area contributed by atoms with E-state index in [2.05, 4.69) is 57.6 Å². The summed E-state index contributed by atoms with van der Waals surface area (Å²) in [5, 5.41) is 9.89. The molecule has 1 N–H and O–H groups in total. The Balaban J connectivity index is 1.52. The van der Waals surface area contributed by atoms with Gasteiger partial charge in [-0.1, -0.05) is 44.7 Å². The highest BCUT2D eigenvalue weighted by atomic mass is 32.2. The van der Waals surface area contributed by atoms with Gasteiger partial charge in [0.05, 0.1) is 18.2 Å². The number of aromatic amines is 1. The molecule has 36 heavy (non-hydrogen) atoms. The fourth-order valence-electron chi connectivity index (χ4n) is 3.73. The van der Waals surface area contributed by atoms with E-state index in [0.717, 1.165) is 41.0 Å². The number of fused-ring (bicyclic) bond motifs is 1. The van der Waals surface area contributed by atoms with Crippen molar-refractivity contribution in [2.75, 3.05) is 7.11 Å². The molecule has 11 heteroatoms. The van der Waals surface area contributed by atoms with Gasteiger partial charge in [-0.15, -0.1) is 21.5 Å². The number of H-pyrrole nitrogens is 1. The largest absolute Gasteiger partial charge is 0.486 e. The highest BCUT2D eigenvalue weighted by molar-refractivity contribution is 7.98. The molecular weight excluding hydrogens is 498 g/mol. The van der Waals surface area contributed by atoms with E-state index < -0.39 is 5.97 Å². The second-order valence-electron chi connectivity index (χ2n) is 8.72. The van der Waals surface area contributed by atoms with Crippen LogP contribution in [-0.2, 0) is 30.1 Å². The smallest absolute Gasteiger partial charge is 0.348 e. The Morgan fingerprint density at radius 3 is 2.64 bits per heavy atom. The molecule has 9 nitrogen and oxygen atoms in total. The lowest BCUT2D eigenvalue weighted by Gasteiger charge is -2.13. The molecule has 0 atom stereocenters. The third kappa shape index (κ3) is 5.62. The van der Waals surface area contributed by atoms with Crippen LogP contribution in [0.5, 0.6) is 5.75 Å². The summed E-state index contributed by atoms with van der Waals surface area (Å²) in [7, 11) is 1.32. The number of ether oxygens (including phenoxy) is 2. The standard InChI is InChI=1S/C25H29N5O4S2/c1-6-16-7-9-17(10-8-16)34-12-19-28-29-25(30(19)11-14(2)3)35-13-18-26-22(31)20-15(4)21(24(32)33-5)36-23(20)27-18/h7-10,14H,6,11-13H2,1-5H3,(H,26,27,31). The number of hydrogen-bond donors (Lipinski definition) is 1. The summed E-state index contributed by atoms with van der Waals surface area (Å²) in [6, 6.07) is 8.05. The van der Waals surface area contributed by atoms with E-state index in [1.807, 2.05) is 12.1 Å². The predicted octanol–water partition coefficient (Wildman–Crippen LogP) is 4.76. The van der Waals surface area contributed by atoms with Gasteiger partial charge in [-0.05, 0) is 42.5 Å². The molecule has 0 aliphatic carbocycles. The summed E-state index contributed by atoms with van der Waals surface area (Å²) in [6.45, 7) is 9.15. The molecule has 0 spiro atoms. The number of thioether (sulfide) groups is 1. The third-order valence-electron chi connectivity index (χ3n) is 5.60. The fourth-order valence-corrected chi connectivity index (χ4v) is 5.68. The van der Waals surface area contributed by atoms with Crippen LogP contribution >= 0.6 is 23.1 Å². The summed E-state index contributed by atoms with van der Waals surface area (Å²) in [4.78, 5) is 33.1. The van der Waals surface area contributed by atoms with E-state index in [1.165, 1.54) is 24.4 Å². The van der Waals surface area contributed by atoms with Crippen LogP contribution in [0.15, 0.2) is 34.2 Å². The Kier molecular flexibility index (Phi) is 8.10. The minimum absolute atomic E-state index is 0.272. The van der Waals surface area contributed by atoms with Gasteiger partial charge in [0.25, 0.3) is 5.56 Å². The second kappa shape index (κ2) is 11.3. The quantitative estimate of drug-likeness (QED) is 0.232. The van der Waals surface area contributed by atoms with Crippen LogP contribution in [0, 0.1) is 12.8 Å². The molecule has 3 heterocycles. The number of nitrogens with zero attached hydrogens (tertiary/aromatic N) is 4. The number of nitrogens with one attached hydrogen (secondary N) is 1. The Hall–Kier alpha value is -3.18. The lowest BCUT2D eigenvalue weighted by molar-refractivity contribution is 0.0605. The number of carbonyl (C=O) groups is 1. The van der Waals surface area contributed by atoms with Crippen molar-refractivity contribution in [3.63, 3.8) is 0 Å². The van der Waals surface area contributed by atoms with Gasteiger partial charge in [0.2, 0.25) is 0 Å². The molecule has 0 radical (unpaired) electrons. The summed E-state index contributed by atoms with van der Waals surface area (Å²) >= 11 is 2.61. The third-order valence-corrected chi connectivity index (χ3v) is 7.74. The molecular formula is C25H29N5O4S2. The van der Waals surface area contributed by atoms with Gasteiger partial charge in [0.15, 0.2) is 11.0 Å². The van der Waals surface area contributed by atoms with Crippen LogP contribution in [0.25, 0.3) is 10.2 Å². The van der Waals surface area contributed by atoms with Gasteiger partial charge in [-0.25, -0.2) is 9.78 Å². The van der Waals surface area contributed by atoms with Gasteiger partial charge in [0, 0.05) is 6.54 Å². The molecule has 0 fully saturated rings. The molecule has 1 aromatic carbocycles. The lowest BCUT2D eigenvalue weighted by Crippen LogP contribution is -2.13. The highest BCUT2D eigenvalue weighted by Crippen LogP contribution is 2.29. The summed E-state index contributed by atoms with van der Waals surface area (Å²) in [6.07, 6.45) is 0.981. The van der Waals surface area contributed by atoms with Crippen LogP contribution in [0.2, 0.25) is 0 Å². The van der Waals surface area contributed by atoms with Gasteiger partial charge in [-0.3, -0.25) is 4.79 Å². The molecule has 0 aliphatic heterocycles. The van der Waals surface area contributed by atoms with Crippen molar-refractivity contribution in [2.24, 2.45) is 5.92 Å². The number of aromatic nitrogens is 5. The van der Waals surface area contributed by atoms with Gasteiger partial charge in [-0.2, -0.15) is 0 Å². The van der Waals surface area contributed by atoms with Crippen molar-refractivity contribution in [1.29, 1.82) is 0 Å². The van der Waals surface area contributed by atoms with E-state index >= 15 is 0 Å². The van der Waals surface area contributed by atoms with Crippen molar-refractivity contribution in [3.05, 3.63) is 62.3 Å². The second-order valence-corrected chi connectivity index (χ2v) is 10.7. The Labute approximate surface area is 217 Å². The van der Waals surface area contributed by atoms with E-state index in [0.29, 0.717) is 44.8 Å². The Bertz CT molecular complexity index is 1420. The fraction of sp³-hybridized carbons (Fsp3) is 0.400. The predicted molar refractivity (Wildman–Crippen MR) is 141 cm³/mol. The topological polar surface area (TPSA) is 112 Å². The molecule has 4 aromatic rings. The summed E-state index contributed by atoms with van der Waals surface area (Å²) < 4.78 is 12.8. The molecule has 0 bridgehead atoms. The maximum Gasteiger partial charge on any atom is 0.348 e. The highest BCUT2D eigenvalue weighted by Gasteiger charge is 2.20. The Morgan fingerprint density at radius 1 is 1.22 bits per heavy atom. The lowest BCUT2D eigenvalue weighted by atomic mass is 10.2. The van der Waals surface area contributed by atoms with Crippen molar-refractivity contribution in [1.82, 2.24) is 24.7 Å². The van der Waals surface area contributed by atoms with Gasteiger partial charge >= 0.3 is 5.97 Å². The first kappa shape index (κ1) is 25.9. The number of benzene rings is 1. The normalized spacial score (nSPS) is 11.4. The van der Waals surface area contributed by atoms with Crippen molar-refractivity contribution in [3.8, 4) is 5.75 Å². The van der Waals surface area contributed by atoms with E-state index in [9.17, 15) is 9.59 Å². The van der Waals surface area contributed by atoms with Crippen LogP contribution in [-0.4, -0.2) is 37.8 Å². The molecule has 0 unspecified atom stereocenters. The zero-order valence-electron chi connectivity index (χ0n) is 21.0. The first-order valence-electron chi connectivity index (χ1n) is 11.7. The summed E-state index contributed by atoms with van der Waals surface area (Å²) in [5.74, 6) is 2.33. The first-order valence-corrected chi connectivity index (χ1v) is 13.5. The first-order chi connectivity index (χ1) is 17.3. The molecule has 3 aromatic heterocycles. The van der Waals surface area contributed by atoms with E-state index in [1.54, 1.807) is 6.92 Å².